The Bertz CT molecular complexity index is 1360. The molecule has 0 radical (unpaired) electrons. The third kappa shape index (κ3) is 7.44. The summed E-state index contributed by atoms with van der Waals surface area (Å²) >= 11 is 0. The van der Waals surface area contributed by atoms with Gasteiger partial charge in [0.15, 0.2) is 0 Å². The number of ether oxygens (including phenoxy) is 2. The Balaban J connectivity index is 1.39. The molecule has 0 bridgehead atoms. The molecule has 0 unspecified atom stereocenters. The van der Waals surface area contributed by atoms with Crippen LogP contribution < -0.4 is 9.47 Å². The number of carboxylic acids is 1. The van der Waals surface area contributed by atoms with Crippen molar-refractivity contribution in [3.63, 3.8) is 0 Å². The van der Waals surface area contributed by atoms with E-state index in [9.17, 15) is 9.18 Å². The van der Waals surface area contributed by atoms with Gasteiger partial charge in [-0.1, -0.05) is 75.4 Å². The summed E-state index contributed by atoms with van der Waals surface area (Å²) in [6.45, 7) is 7.60. The Labute approximate surface area is 222 Å². The molecule has 1 heterocycles. The molecule has 0 saturated carbocycles. The number of hydrogen-bond acceptors (Lipinski definition) is 4. The van der Waals surface area contributed by atoms with Gasteiger partial charge >= 0.3 is 5.97 Å². The number of aryl methyl sites for hydroxylation is 1. The second-order valence-electron chi connectivity index (χ2n) is 10.3. The van der Waals surface area contributed by atoms with Gasteiger partial charge in [-0.2, -0.15) is 5.10 Å². The molecule has 0 aliphatic rings. The van der Waals surface area contributed by atoms with E-state index >= 15 is 0 Å². The van der Waals surface area contributed by atoms with E-state index in [1.165, 1.54) is 6.07 Å². The molecule has 0 spiro atoms. The van der Waals surface area contributed by atoms with Gasteiger partial charge in [0.05, 0.1) is 12.2 Å². The summed E-state index contributed by atoms with van der Waals surface area (Å²) in [7, 11) is 0. The molecule has 0 amide bonds. The third-order valence-electron chi connectivity index (χ3n) is 6.13. The number of rotatable bonds is 11. The van der Waals surface area contributed by atoms with E-state index in [-0.39, 0.29) is 24.9 Å². The van der Waals surface area contributed by atoms with E-state index in [1.54, 1.807) is 12.1 Å². The van der Waals surface area contributed by atoms with Crippen LogP contribution in [0.5, 0.6) is 11.6 Å². The average molecular weight is 517 g/mol. The van der Waals surface area contributed by atoms with Gasteiger partial charge in [0.1, 0.15) is 24.8 Å². The lowest BCUT2D eigenvalue weighted by atomic mass is 9.93. The molecule has 0 aliphatic carbocycles. The van der Waals surface area contributed by atoms with Gasteiger partial charge in [-0.15, -0.1) is 0 Å². The van der Waals surface area contributed by atoms with Crippen molar-refractivity contribution >= 4 is 5.97 Å². The predicted octanol–water partition coefficient (Wildman–Crippen LogP) is 6.54. The van der Waals surface area contributed by atoms with Gasteiger partial charge in [-0.3, -0.25) is 4.79 Å². The maximum atomic E-state index is 14.3. The van der Waals surface area contributed by atoms with Crippen LogP contribution in [0.3, 0.4) is 0 Å². The molecule has 4 rings (SSSR count). The summed E-state index contributed by atoms with van der Waals surface area (Å²) in [5, 5.41) is 13.6. The fourth-order valence-corrected chi connectivity index (χ4v) is 3.88. The van der Waals surface area contributed by atoms with Gasteiger partial charge in [0.2, 0.25) is 5.88 Å². The van der Waals surface area contributed by atoms with Crippen molar-refractivity contribution in [1.29, 1.82) is 0 Å². The minimum absolute atomic E-state index is 0.101. The van der Waals surface area contributed by atoms with E-state index in [2.05, 4.69) is 20.8 Å². The number of aromatic nitrogens is 2. The standard InChI is InChI=1S/C31H33FN2O4/c1-31(2,3)28-18-29(38-20-23-7-5-4-6-8-23)34(33-28)19-22-10-14-26(15-11-22)37-21-24-9-12-25(27(32)17-24)13-16-30(35)36/h4-12,14-15,17-18H,13,16,19-21H2,1-3H3,(H,35,36). The van der Waals surface area contributed by atoms with Crippen molar-refractivity contribution in [2.75, 3.05) is 0 Å². The number of hydrogen-bond donors (Lipinski definition) is 1. The molecule has 198 valence electrons. The Hall–Kier alpha value is -4.13. The van der Waals surface area contributed by atoms with Crippen LogP contribution in [0.2, 0.25) is 0 Å². The molecule has 38 heavy (non-hydrogen) atoms. The first-order chi connectivity index (χ1) is 18.2. The van der Waals surface area contributed by atoms with Crippen molar-refractivity contribution in [2.24, 2.45) is 0 Å². The highest BCUT2D eigenvalue weighted by atomic mass is 19.1. The third-order valence-corrected chi connectivity index (χ3v) is 6.13. The number of carboxylic acid groups (broad SMARTS) is 1. The van der Waals surface area contributed by atoms with Gasteiger partial charge < -0.3 is 14.6 Å². The lowest BCUT2D eigenvalue weighted by Gasteiger charge is -2.14. The summed E-state index contributed by atoms with van der Waals surface area (Å²) in [5.41, 5.74) is 4.05. The molecule has 0 fully saturated rings. The van der Waals surface area contributed by atoms with Crippen LogP contribution in [0.15, 0.2) is 78.9 Å². The van der Waals surface area contributed by atoms with Crippen LogP contribution in [0, 0.1) is 5.82 Å². The zero-order chi connectivity index (χ0) is 27.1. The molecule has 1 aromatic heterocycles. The molecule has 4 aromatic rings. The monoisotopic (exact) mass is 516 g/mol. The maximum Gasteiger partial charge on any atom is 0.303 e. The summed E-state index contributed by atoms with van der Waals surface area (Å²) < 4.78 is 28.1. The molecule has 3 aromatic carbocycles. The van der Waals surface area contributed by atoms with Crippen LogP contribution in [-0.4, -0.2) is 20.9 Å². The molecule has 0 saturated heterocycles. The zero-order valence-electron chi connectivity index (χ0n) is 22.0. The molecular formula is C31H33FN2O4. The Kier molecular flexibility index (Phi) is 8.46. The Morgan fingerprint density at radius 3 is 2.24 bits per heavy atom. The highest BCUT2D eigenvalue weighted by molar-refractivity contribution is 5.67. The van der Waals surface area contributed by atoms with E-state index in [4.69, 9.17) is 19.7 Å². The normalized spacial score (nSPS) is 11.4. The van der Waals surface area contributed by atoms with E-state index in [1.807, 2.05) is 65.3 Å². The average Bonchev–Trinajstić information content (AvgIpc) is 3.30. The lowest BCUT2D eigenvalue weighted by Crippen LogP contribution is -2.13. The highest BCUT2D eigenvalue weighted by Crippen LogP contribution is 2.27. The van der Waals surface area contributed by atoms with Crippen LogP contribution in [0.4, 0.5) is 4.39 Å². The largest absolute Gasteiger partial charge is 0.489 e. The second kappa shape index (κ2) is 11.9. The lowest BCUT2D eigenvalue weighted by molar-refractivity contribution is -0.136. The fraction of sp³-hybridized carbons (Fsp3) is 0.290. The minimum Gasteiger partial charge on any atom is -0.489 e. The maximum absolute atomic E-state index is 14.3. The first kappa shape index (κ1) is 26.9. The van der Waals surface area contributed by atoms with Crippen molar-refractivity contribution in [2.45, 2.75) is 58.8 Å². The topological polar surface area (TPSA) is 73.6 Å². The fourth-order valence-electron chi connectivity index (χ4n) is 3.88. The smallest absolute Gasteiger partial charge is 0.303 e. The van der Waals surface area contributed by atoms with Crippen molar-refractivity contribution in [1.82, 2.24) is 9.78 Å². The number of aliphatic carboxylic acids is 1. The molecule has 7 heteroatoms. The predicted molar refractivity (Wildman–Crippen MR) is 144 cm³/mol. The molecule has 1 N–H and O–H groups in total. The van der Waals surface area contributed by atoms with Crippen LogP contribution >= 0.6 is 0 Å². The molecular weight excluding hydrogens is 483 g/mol. The highest BCUT2D eigenvalue weighted by Gasteiger charge is 2.21. The SMILES string of the molecule is CC(C)(C)c1cc(OCc2ccccc2)n(Cc2ccc(OCc3ccc(CCC(=O)O)c(F)c3)cc2)n1. The van der Waals surface area contributed by atoms with Gasteiger partial charge in [0.25, 0.3) is 0 Å². The number of carbonyl (C=O) groups is 1. The molecule has 6 nitrogen and oxygen atoms in total. The van der Waals surface area contributed by atoms with Crippen LogP contribution in [0.1, 0.15) is 55.1 Å². The molecule has 0 aliphatic heterocycles. The summed E-state index contributed by atoms with van der Waals surface area (Å²) in [4.78, 5) is 10.7. The zero-order valence-corrected chi connectivity index (χ0v) is 22.0. The minimum atomic E-state index is -0.946. The van der Waals surface area contributed by atoms with Crippen molar-refractivity contribution in [3.8, 4) is 11.6 Å². The first-order valence-electron chi connectivity index (χ1n) is 12.6. The van der Waals surface area contributed by atoms with Gasteiger partial charge in [-0.05, 0) is 46.9 Å². The second-order valence-corrected chi connectivity index (χ2v) is 10.3. The summed E-state index contributed by atoms with van der Waals surface area (Å²) in [6.07, 6.45) is 0.0616. The van der Waals surface area contributed by atoms with Crippen LogP contribution in [0.25, 0.3) is 0 Å². The van der Waals surface area contributed by atoms with E-state index < -0.39 is 11.8 Å². The van der Waals surface area contributed by atoms with Crippen LogP contribution in [-0.2, 0) is 36.4 Å². The number of nitrogens with zero attached hydrogens (tertiary/aromatic N) is 2. The first-order valence-corrected chi connectivity index (χ1v) is 12.6. The van der Waals surface area contributed by atoms with E-state index in [0.717, 1.165) is 16.8 Å². The Morgan fingerprint density at radius 1 is 0.895 bits per heavy atom. The number of benzene rings is 3. The summed E-state index contributed by atoms with van der Waals surface area (Å²) in [5.74, 6) is 0.0219. The number of halogens is 1. The van der Waals surface area contributed by atoms with Gasteiger partial charge in [0, 0.05) is 17.9 Å². The van der Waals surface area contributed by atoms with Crippen molar-refractivity contribution < 1.29 is 23.8 Å². The van der Waals surface area contributed by atoms with Crippen molar-refractivity contribution in [3.05, 3.63) is 113 Å². The Morgan fingerprint density at radius 2 is 1.58 bits per heavy atom. The summed E-state index contributed by atoms with van der Waals surface area (Å²) in [6, 6.07) is 24.5. The van der Waals surface area contributed by atoms with Gasteiger partial charge in [-0.25, -0.2) is 9.07 Å². The molecule has 0 atom stereocenters. The quantitative estimate of drug-likeness (QED) is 0.245. The van der Waals surface area contributed by atoms with E-state index in [0.29, 0.717) is 35.9 Å².